The number of nitrogens with zero attached hydrogens (tertiary/aromatic N) is 4. The Balaban J connectivity index is 0.00000120. The van der Waals surface area contributed by atoms with E-state index in [1.165, 1.54) is 12.7 Å². The van der Waals surface area contributed by atoms with Gasteiger partial charge in [0.05, 0.1) is 19.0 Å². The standard InChI is InChI=1S/C10H12N4O3.K/c15-3-6-1-2-7(17-6)14-5-13-8-9(14)11-4-12-10(8)16;/h4-7,15H,1-3H2,(H,11,12,16);/q;+1/p-1. The molecule has 1 fully saturated rings. The first-order chi connectivity index (χ1) is 8.29. The summed E-state index contributed by atoms with van der Waals surface area (Å²) in [6, 6.07) is 0. The van der Waals surface area contributed by atoms with E-state index in [4.69, 9.17) is 9.84 Å². The summed E-state index contributed by atoms with van der Waals surface area (Å²) < 4.78 is 7.33. The molecule has 0 aromatic carbocycles. The number of hydrogen-bond donors (Lipinski definition) is 1. The van der Waals surface area contributed by atoms with E-state index in [1.807, 2.05) is 0 Å². The van der Waals surface area contributed by atoms with Gasteiger partial charge in [0, 0.05) is 5.88 Å². The Hall–Kier alpha value is -0.0936. The average molecular weight is 274 g/mol. The molecule has 0 amide bonds. The van der Waals surface area contributed by atoms with Crippen LogP contribution in [0.15, 0.2) is 12.7 Å². The maximum absolute atomic E-state index is 11.4. The molecular formula is C10H11KN4O3. The second kappa shape index (κ2) is 5.91. The van der Waals surface area contributed by atoms with E-state index in [1.54, 1.807) is 4.57 Å². The van der Waals surface area contributed by atoms with Crippen LogP contribution in [-0.2, 0) is 4.74 Å². The van der Waals surface area contributed by atoms with Crippen molar-refractivity contribution in [2.75, 3.05) is 6.61 Å². The fourth-order valence-corrected chi connectivity index (χ4v) is 2.07. The summed E-state index contributed by atoms with van der Waals surface area (Å²) in [5, 5.41) is 20.4. The molecule has 0 aliphatic carbocycles. The molecule has 0 radical (unpaired) electrons. The second-order valence-corrected chi connectivity index (χ2v) is 3.98. The van der Waals surface area contributed by atoms with Crippen molar-refractivity contribution in [3.63, 3.8) is 0 Å². The third-order valence-electron chi connectivity index (χ3n) is 2.92. The zero-order chi connectivity index (χ0) is 11.8. The molecule has 1 aliphatic heterocycles. The molecule has 0 bridgehead atoms. The first-order valence-corrected chi connectivity index (χ1v) is 5.40. The first-order valence-electron chi connectivity index (χ1n) is 5.40. The molecule has 2 unspecified atom stereocenters. The van der Waals surface area contributed by atoms with Crippen LogP contribution in [0.1, 0.15) is 19.1 Å². The van der Waals surface area contributed by atoms with Crippen LogP contribution >= 0.6 is 0 Å². The molecule has 90 valence electrons. The number of hydrogen-bond acceptors (Lipinski definition) is 6. The largest absolute Gasteiger partial charge is 1.00 e. The van der Waals surface area contributed by atoms with Gasteiger partial charge in [-0.2, -0.15) is 0 Å². The normalized spacial score (nSPS) is 23.2. The quantitative estimate of drug-likeness (QED) is 0.573. The summed E-state index contributed by atoms with van der Waals surface area (Å²) in [6.07, 6.45) is 3.95. The van der Waals surface area contributed by atoms with E-state index in [2.05, 4.69) is 15.0 Å². The molecule has 0 saturated carbocycles. The molecule has 18 heavy (non-hydrogen) atoms. The van der Waals surface area contributed by atoms with E-state index in [0.29, 0.717) is 5.65 Å². The number of imidazole rings is 1. The van der Waals surface area contributed by atoms with Crippen LogP contribution in [0.2, 0.25) is 0 Å². The summed E-state index contributed by atoms with van der Waals surface area (Å²) >= 11 is 0. The third kappa shape index (κ3) is 2.46. The van der Waals surface area contributed by atoms with Gasteiger partial charge in [-0.3, -0.25) is 9.55 Å². The van der Waals surface area contributed by atoms with Gasteiger partial charge in [0.1, 0.15) is 18.1 Å². The van der Waals surface area contributed by atoms with Crippen molar-refractivity contribution >= 4 is 11.2 Å². The minimum absolute atomic E-state index is 0. The van der Waals surface area contributed by atoms with Gasteiger partial charge in [0.2, 0.25) is 0 Å². The van der Waals surface area contributed by atoms with Crippen LogP contribution in [0.5, 0.6) is 5.88 Å². The fourth-order valence-electron chi connectivity index (χ4n) is 2.07. The van der Waals surface area contributed by atoms with Crippen LogP contribution in [-0.4, -0.2) is 37.3 Å². The topological polar surface area (TPSA) is 96.1 Å². The molecule has 2 aromatic heterocycles. The van der Waals surface area contributed by atoms with Crippen LogP contribution in [0, 0.1) is 0 Å². The summed E-state index contributed by atoms with van der Waals surface area (Å²) in [7, 11) is 0. The summed E-state index contributed by atoms with van der Waals surface area (Å²) in [5.74, 6) is -0.384. The third-order valence-corrected chi connectivity index (χ3v) is 2.92. The van der Waals surface area contributed by atoms with Crippen molar-refractivity contribution < 1.29 is 66.3 Å². The maximum Gasteiger partial charge on any atom is 1.00 e. The van der Waals surface area contributed by atoms with Gasteiger partial charge in [0.25, 0.3) is 0 Å². The zero-order valence-corrected chi connectivity index (χ0v) is 13.1. The number of ether oxygens (including phenoxy) is 1. The molecule has 0 spiro atoms. The molecule has 1 aliphatic rings. The van der Waals surface area contributed by atoms with Crippen LogP contribution in [0.4, 0.5) is 0 Å². The van der Waals surface area contributed by atoms with Crippen molar-refractivity contribution in [1.82, 2.24) is 19.5 Å². The van der Waals surface area contributed by atoms with Crippen LogP contribution in [0.3, 0.4) is 0 Å². The van der Waals surface area contributed by atoms with Gasteiger partial charge in [0.15, 0.2) is 5.65 Å². The molecule has 8 heteroatoms. The molecule has 2 atom stereocenters. The number of rotatable bonds is 2. The number of aliphatic hydroxyl groups is 1. The van der Waals surface area contributed by atoms with Crippen molar-refractivity contribution in [2.24, 2.45) is 0 Å². The minimum atomic E-state index is -0.384. The Bertz CT molecular complexity index is 547. The summed E-state index contributed by atoms with van der Waals surface area (Å²) in [5.41, 5.74) is 0.733. The smallest absolute Gasteiger partial charge is 0.857 e. The van der Waals surface area contributed by atoms with Crippen molar-refractivity contribution in [3.05, 3.63) is 12.7 Å². The van der Waals surface area contributed by atoms with E-state index in [-0.39, 0.29) is 81.7 Å². The zero-order valence-electron chi connectivity index (χ0n) is 9.98. The van der Waals surface area contributed by atoms with Gasteiger partial charge >= 0.3 is 51.4 Å². The second-order valence-electron chi connectivity index (χ2n) is 3.98. The van der Waals surface area contributed by atoms with Crippen molar-refractivity contribution in [1.29, 1.82) is 0 Å². The van der Waals surface area contributed by atoms with E-state index >= 15 is 0 Å². The predicted molar refractivity (Wildman–Crippen MR) is 55.0 cm³/mol. The van der Waals surface area contributed by atoms with Gasteiger partial charge in [-0.1, -0.05) is 0 Å². The minimum Gasteiger partial charge on any atom is -0.857 e. The monoisotopic (exact) mass is 274 g/mol. The van der Waals surface area contributed by atoms with Crippen LogP contribution in [0.25, 0.3) is 11.2 Å². The Morgan fingerprint density at radius 3 is 2.94 bits per heavy atom. The van der Waals surface area contributed by atoms with Gasteiger partial charge in [-0.25, -0.2) is 9.97 Å². The molecular weight excluding hydrogens is 263 g/mol. The van der Waals surface area contributed by atoms with Crippen LogP contribution < -0.4 is 56.5 Å². The molecule has 2 aromatic rings. The Labute approximate surface area is 146 Å². The summed E-state index contributed by atoms with van der Waals surface area (Å²) in [6.45, 7) is 0.00488. The summed E-state index contributed by atoms with van der Waals surface area (Å²) in [4.78, 5) is 11.6. The van der Waals surface area contributed by atoms with Crippen molar-refractivity contribution in [3.8, 4) is 5.88 Å². The Kier molecular flexibility index (Phi) is 4.70. The van der Waals surface area contributed by atoms with E-state index in [0.717, 1.165) is 12.8 Å². The number of aromatic nitrogens is 4. The first kappa shape index (κ1) is 14.3. The van der Waals surface area contributed by atoms with Gasteiger partial charge in [-0.15, -0.1) is 0 Å². The molecule has 7 nitrogen and oxygen atoms in total. The molecule has 3 rings (SSSR count). The van der Waals surface area contributed by atoms with Gasteiger partial charge in [-0.05, 0) is 12.8 Å². The average Bonchev–Trinajstić information content (AvgIpc) is 2.94. The SMILES string of the molecule is [K+].[O-]c1ncnc2c1ncn2C1CCC(CO)O1. The molecule has 3 heterocycles. The Morgan fingerprint density at radius 1 is 1.39 bits per heavy atom. The maximum atomic E-state index is 11.4. The van der Waals surface area contributed by atoms with Gasteiger partial charge < -0.3 is 14.9 Å². The van der Waals surface area contributed by atoms with E-state index in [9.17, 15) is 5.11 Å². The number of fused-ring (bicyclic) bond motifs is 1. The Morgan fingerprint density at radius 2 is 2.22 bits per heavy atom. The van der Waals surface area contributed by atoms with Crippen molar-refractivity contribution in [2.45, 2.75) is 25.2 Å². The molecule has 1 saturated heterocycles. The number of aliphatic hydroxyl groups excluding tert-OH is 1. The molecule has 1 N–H and O–H groups in total. The van der Waals surface area contributed by atoms with E-state index < -0.39 is 0 Å². The fraction of sp³-hybridized carbons (Fsp3) is 0.500. The predicted octanol–water partition coefficient (Wildman–Crippen LogP) is -3.43.